The van der Waals surface area contributed by atoms with Crippen LogP contribution in [0.5, 0.6) is 0 Å². The van der Waals surface area contributed by atoms with Gasteiger partial charge in [0.25, 0.3) is 0 Å². The predicted octanol–water partition coefficient (Wildman–Crippen LogP) is 4.48. The lowest BCUT2D eigenvalue weighted by atomic mass is 9.91. The van der Waals surface area contributed by atoms with Crippen LogP contribution >= 0.6 is 0 Å². The molecule has 0 saturated heterocycles. The van der Waals surface area contributed by atoms with E-state index in [1.807, 2.05) is 55.6 Å². The minimum Gasteiger partial charge on any atom is -0.478 e. The first kappa shape index (κ1) is 16.8. The molecule has 0 fully saturated rings. The Morgan fingerprint density at radius 3 is 2.59 bits per heavy atom. The molecular formula is C22H18N2O3. The third-order valence-corrected chi connectivity index (χ3v) is 4.68. The monoisotopic (exact) mass is 358 g/mol. The fourth-order valence-corrected chi connectivity index (χ4v) is 3.35. The average Bonchev–Trinajstić information content (AvgIpc) is 2.71. The number of carbonyl (C=O) groups is 1. The molecule has 2 aliphatic rings. The number of carboxylic acids is 1. The zero-order valence-corrected chi connectivity index (χ0v) is 15.0. The van der Waals surface area contributed by atoms with E-state index in [1.165, 1.54) is 0 Å². The Bertz CT molecular complexity index is 1210. The number of hydrogen-bond acceptors (Lipinski definition) is 4. The van der Waals surface area contributed by atoms with E-state index in [4.69, 9.17) is 4.42 Å². The summed E-state index contributed by atoms with van der Waals surface area (Å²) in [5.41, 5.74) is 4.20. The molecule has 2 aromatic rings. The highest BCUT2D eigenvalue weighted by Gasteiger charge is 2.21. The first-order valence-electron chi connectivity index (χ1n) is 8.56. The second kappa shape index (κ2) is 6.61. The Hall–Kier alpha value is -3.60. The molecule has 2 N–H and O–H groups in total. The largest absolute Gasteiger partial charge is 0.478 e. The molecule has 5 nitrogen and oxygen atoms in total. The van der Waals surface area contributed by atoms with Crippen LogP contribution in [-0.2, 0) is 0 Å². The molecule has 0 bridgehead atoms. The first-order chi connectivity index (χ1) is 13.1. The molecule has 0 unspecified atom stereocenters. The molecule has 1 aliphatic heterocycles. The van der Waals surface area contributed by atoms with Crippen LogP contribution < -0.4 is 10.7 Å². The lowest BCUT2D eigenvalue weighted by Gasteiger charge is -2.17. The number of hydrogen-bond donors (Lipinski definition) is 2. The molecule has 0 aromatic heterocycles. The molecule has 0 saturated carbocycles. The molecule has 0 amide bonds. The van der Waals surface area contributed by atoms with Crippen LogP contribution in [0, 0.1) is 0 Å². The average molecular weight is 358 g/mol. The summed E-state index contributed by atoms with van der Waals surface area (Å²) < 4.78 is 6.15. The lowest BCUT2D eigenvalue weighted by Crippen LogP contribution is -2.04. The SMILES string of the molecule is CN=c1ccc2c(-c3ccccc3C(=O)O)c3ccc(NC)cc3oc-2c1. The van der Waals surface area contributed by atoms with Gasteiger partial charge in [-0.05, 0) is 35.9 Å². The molecular weight excluding hydrogens is 340 g/mol. The van der Waals surface area contributed by atoms with Crippen LogP contribution in [0.3, 0.4) is 0 Å². The van der Waals surface area contributed by atoms with Gasteiger partial charge in [0.05, 0.1) is 10.9 Å². The van der Waals surface area contributed by atoms with Gasteiger partial charge in [0, 0.05) is 48.4 Å². The van der Waals surface area contributed by atoms with Gasteiger partial charge in [-0.15, -0.1) is 0 Å². The summed E-state index contributed by atoms with van der Waals surface area (Å²) in [6.45, 7) is 0. The highest BCUT2D eigenvalue weighted by Crippen LogP contribution is 2.41. The maximum absolute atomic E-state index is 11.8. The van der Waals surface area contributed by atoms with Crippen molar-refractivity contribution in [2.45, 2.75) is 0 Å². The quantitative estimate of drug-likeness (QED) is 0.530. The van der Waals surface area contributed by atoms with Gasteiger partial charge < -0.3 is 14.8 Å². The van der Waals surface area contributed by atoms with Gasteiger partial charge in [0.15, 0.2) is 0 Å². The fourth-order valence-electron chi connectivity index (χ4n) is 3.35. The highest BCUT2D eigenvalue weighted by molar-refractivity contribution is 6.07. The molecule has 0 spiro atoms. The highest BCUT2D eigenvalue weighted by atomic mass is 16.4. The Kier molecular flexibility index (Phi) is 4.12. The maximum atomic E-state index is 11.8. The minimum atomic E-state index is -0.959. The van der Waals surface area contributed by atoms with Gasteiger partial charge in [0.2, 0.25) is 0 Å². The van der Waals surface area contributed by atoms with Crippen molar-refractivity contribution in [3.05, 3.63) is 71.6 Å². The Balaban J connectivity index is 2.19. The summed E-state index contributed by atoms with van der Waals surface area (Å²) in [6.07, 6.45) is 0. The molecule has 1 aliphatic carbocycles. The second-order valence-electron chi connectivity index (χ2n) is 6.19. The third-order valence-electron chi connectivity index (χ3n) is 4.68. The van der Waals surface area contributed by atoms with Crippen molar-refractivity contribution in [3.8, 4) is 22.5 Å². The molecule has 1 heterocycles. The number of carboxylic acid groups (broad SMARTS) is 1. The van der Waals surface area contributed by atoms with Crippen molar-refractivity contribution in [1.82, 2.24) is 0 Å². The zero-order chi connectivity index (χ0) is 19.0. The summed E-state index contributed by atoms with van der Waals surface area (Å²) in [5, 5.41) is 14.4. The smallest absolute Gasteiger partial charge is 0.336 e. The Morgan fingerprint density at radius 1 is 1.04 bits per heavy atom. The van der Waals surface area contributed by atoms with Crippen molar-refractivity contribution in [3.63, 3.8) is 0 Å². The number of anilines is 1. The van der Waals surface area contributed by atoms with E-state index in [2.05, 4.69) is 10.3 Å². The van der Waals surface area contributed by atoms with Crippen LogP contribution in [-0.4, -0.2) is 25.2 Å². The van der Waals surface area contributed by atoms with E-state index in [1.54, 1.807) is 19.2 Å². The molecule has 0 radical (unpaired) electrons. The standard InChI is InChI=1S/C22H18N2O3/c1-23-13-7-9-17-19(11-13)27-20-12-14(24-2)8-10-18(20)21(17)15-5-3-4-6-16(15)22(25)26/h3-12,23H,1-2H3,(H,25,26). The van der Waals surface area contributed by atoms with Crippen molar-refractivity contribution < 1.29 is 14.3 Å². The molecule has 4 rings (SSSR count). The molecule has 2 aromatic carbocycles. The second-order valence-corrected chi connectivity index (χ2v) is 6.19. The van der Waals surface area contributed by atoms with Crippen LogP contribution in [0.25, 0.3) is 33.4 Å². The summed E-state index contributed by atoms with van der Waals surface area (Å²) >= 11 is 0. The van der Waals surface area contributed by atoms with Gasteiger partial charge in [-0.2, -0.15) is 0 Å². The van der Waals surface area contributed by atoms with E-state index in [-0.39, 0.29) is 5.56 Å². The predicted molar refractivity (Wildman–Crippen MR) is 106 cm³/mol. The lowest BCUT2D eigenvalue weighted by molar-refractivity contribution is 0.0697. The Morgan fingerprint density at radius 2 is 1.85 bits per heavy atom. The van der Waals surface area contributed by atoms with E-state index in [0.717, 1.165) is 27.6 Å². The number of rotatable bonds is 3. The number of aromatic carboxylic acids is 1. The number of nitrogens with zero attached hydrogens (tertiary/aromatic N) is 1. The van der Waals surface area contributed by atoms with Crippen molar-refractivity contribution in [2.24, 2.45) is 4.99 Å². The molecule has 134 valence electrons. The van der Waals surface area contributed by atoms with Gasteiger partial charge in [-0.25, -0.2) is 4.79 Å². The zero-order valence-electron chi connectivity index (χ0n) is 15.0. The first-order valence-corrected chi connectivity index (χ1v) is 8.56. The van der Waals surface area contributed by atoms with E-state index in [9.17, 15) is 9.90 Å². The summed E-state index contributed by atoms with van der Waals surface area (Å²) in [7, 11) is 3.57. The normalized spacial score (nSPS) is 11.9. The molecule has 5 heteroatoms. The number of nitrogens with one attached hydrogen (secondary N) is 1. The van der Waals surface area contributed by atoms with Crippen LogP contribution in [0.4, 0.5) is 5.69 Å². The summed E-state index contributed by atoms with van der Waals surface area (Å²) in [4.78, 5) is 16.0. The summed E-state index contributed by atoms with van der Waals surface area (Å²) in [6, 6.07) is 18.6. The van der Waals surface area contributed by atoms with Gasteiger partial charge in [-0.1, -0.05) is 18.2 Å². The maximum Gasteiger partial charge on any atom is 0.336 e. The van der Waals surface area contributed by atoms with E-state index >= 15 is 0 Å². The topological polar surface area (TPSA) is 74.8 Å². The minimum absolute atomic E-state index is 0.258. The van der Waals surface area contributed by atoms with Gasteiger partial charge in [-0.3, -0.25) is 4.99 Å². The van der Waals surface area contributed by atoms with Crippen LogP contribution in [0.1, 0.15) is 10.4 Å². The number of fused-ring (bicyclic) bond motifs is 2. The molecule has 27 heavy (non-hydrogen) atoms. The van der Waals surface area contributed by atoms with Crippen molar-refractivity contribution in [1.29, 1.82) is 0 Å². The fraction of sp³-hybridized carbons (Fsp3) is 0.0909. The molecule has 0 atom stereocenters. The van der Waals surface area contributed by atoms with E-state index in [0.29, 0.717) is 16.9 Å². The Labute approximate surface area is 156 Å². The third kappa shape index (κ3) is 2.83. The van der Waals surface area contributed by atoms with Crippen LogP contribution in [0.15, 0.2) is 70.1 Å². The van der Waals surface area contributed by atoms with Crippen molar-refractivity contribution >= 4 is 22.6 Å². The van der Waals surface area contributed by atoms with Crippen LogP contribution in [0.2, 0.25) is 0 Å². The van der Waals surface area contributed by atoms with Gasteiger partial charge >= 0.3 is 5.97 Å². The van der Waals surface area contributed by atoms with Crippen molar-refractivity contribution in [2.75, 3.05) is 19.4 Å². The van der Waals surface area contributed by atoms with Gasteiger partial charge in [0.1, 0.15) is 11.3 Å². The summed E-state index contributed by atoms with van der Waals surface area (Å²) in [5.74, 6) is -0.297. The number of benzene rings is 3. The van der Waals surface area contributed by atoms with E-state index < -0.39 is 5.97 Å².